The topological polar surface area (TPSA) is 52.0 Å². The summed E-state index contributed by atoms with van der Waals surface area (Å²) in [5, 5.41) is 0.776. The highest BCUT2D eigenvalue weighted by Gasteiger charge is 2.14. The quantitative estimate of drug-likeness (QED) is 0.601. The number of thioether (sulfide) groups is 1. The Labute approximate surface area is 95.8 Å². The third-order valence-corrected chi connectivity index (χ3v) is 3.30. The van der Waals surface area contributed by atoms with Gasteiger partial charge in [0, 0.05) is 5.75 Å². The molecular formula is C11H20N2OS. The first-order valence-electron chi connectivity index (χ1n) is 5.28. The molecule has 0 bridgehead atoms. The molecule has 0 atom stereocenters. The summed E-state index contributed by atoms with van der Waals surface area (Å²) in [6.07, 6.45) is 3.98. The number of nitrogens with zero attached hydrogens (tertiary/aromatic N) is 1. The molecule has 0 saturated carbocycles. The van der Waals surface area contributed by atoms with Gasteiger partial charge in [0.2, 0.25) is 0 Å². The molecule has 0 aliphatic heterocycles. The molecule has 3 nitrogen and oxygen atoms in total. The molecule has 0 radical (unpaired) electrons. The maximum Gasteiger partial charge on any atom is 0.255 e. The van der Waals surface area contributed by atoms with Crippen LogP contribution in [0.3, 0.4) is 0 Å². The minimum absolute atomic E-state index is 0.257. The van der Waals surface area contributed by atoms with E-state index in [1.165, 1.54) is 0 Å². The smallest absolute Gasteiger partial charge is 0.255 e. The summed E-state index contributed by atoms with van der Waals surface area (Å²) in [5.41, 5.74) is 6.87. The van der Waals surface area contributed by atoms with Gasteiger partial charge in [-0.15, -0.1) is 0 Å². The van der Waals surface area contributed by atoms with Gasteiger partial charge in [-0.1, -0.05) is 25.6 Å². The molecule has 0 unspecified atom stereocenters. The van der Waals surface area contributed by atoms with E-state index >= 15 is 0 Å². The fraction of sp³-hybridized carbons (Fsp3) is 0.727. The molecule has 2 N–H and O–H groups in total. The normalized spacial score (nSPS) is 12.0. The van der Waals surface area contributed by atoms with Crippen molar-refractivity contribution in [2.45, 2.75) is 38.8 Å². The molecule has 1 aromatic heterocycles. The van der Waals surface area contributed by atoms with Gasteiger partial charge in [0.25, 0.3) is 5.22 Å². The fourth-order valence-corrected chi connectivity index (χ4v) is 2.00. The molecule has 0 aromatic carbocycles. The summed E-state index contributed by atoms with van der Waals surface area (Å²) in [5.74, 6) is 1.05. The average molecular weight is 228 g/mol. The van der Waals surface area contributed by atoms with Crippen molar-refractivity contribution in [1.29, 1.82) is 0 Å². The number of hydrogen-bond acceptors (Lipinski definition) is 4. The van der Waals surface area contributed by atoms with E-state index in [1.807, 2.05) is 6.92 Å². The number of aromatic nitrogens is 1. The van der Waals surface area contributed by atoms with Crippen LogP contribution in [0.25, 0.3) is 0 Å². The SMILES string of the molecule is Cc1coc(SCCCC(C)(C)CN)n1. The van der Waals surface area contributed by atoms with Gasteiger partial charge in [0.15, 0.2) is 0 Å². The van der Waals surface area contributed by atoms with Crippen molar-refractivity contribution in [2.24, 2.45) is 11.1 Å². The second-order valence-electron chi connectivity index (χ2n) is 4.58. The molecule has 15 heavy (non-hydrogen) atoms. The second-order valence-corrected chi connectivity index (χ2v) is 5.62. The molecule has 0 amide bonds. The summed E-state index contributed by atoms with van der Waals surface area (Å²) in [6.45, 7) is 7.08. The van der Waals surface area contributed by atoms with Gasteiger partial charge in [-0.2, -0.15) is 0 Å². The molecule has 0 aliphatic rings. The van der Waals surface area contributed by atoms with E-state index in [4.69, 9.17) is 10.2 Å². The van der Waals surface area contributed by atoms with E-state index in [0.29, 0.717) is 0 Å². The second kappa shape index (κ2) is 5.56. The van der Waals surface area contributed by atoms with Gasteiger partial charge in [-0.25, -0.2) is 4.98 Å². The number of rotatable bonds is 6. The van der Waals surface area contributed by atoms with Crippen LogP contribution in [0.5, 0.6) is 0 Å². The highest BCUT2D eigenvalue weighted by Crippen LogP contribution is 2.24. The van der Waals surface area contributed by atoms with E-state index in [9.17, 15) is 0 Å². The monoisotopic (exact) mass is 228 g/mol. The highest BCUT2D eigenvalue weighted by molar-refractivity contribution is 7.99. The summed E-state index contributed by atoms with van der Waals surface area (Å²) in [4.78, 5) is 4.24. The highest BCUT2D eigenvalue weighted by atomic mass is 32.2. The van der Waals surface area contributed by atoms with Gasteiger partial charge < -0.3 is 10.2 Å². The number of oxazole rings is 1. The van der Waals surface area contributed by atoms with Crippen molar-refractivity contribution in [2.75, 3.05) is 12.3 Å². The predicted octanol–water partition coefficient (Wildman–Crippen LogP) is 2.84. The molecule has 0 aliphatic carbocycles. The van der Waals surface area contributed by atoms with Crippen molar-refractivity contribution in [3.63, 3.8) is 0 Å². The fourth-order valence-electron chi connectivity index (χ4n) is 1.21. The molecule has 1 rings (SSSR count). The van der Waals surface area contributed by atoms with Crippen molar-refractivity contribution in [3.05, 3.63) is 12.0 Å². The lowest BCUT2D eigenvalue weighted by Gasteiger charge is -2.21. The zero-order valence-corrected chi connectivity index (χ0v) is 10.6. The lowest BCUT2D eigenvalue weighted by atomic mass is 9.88. The Morgan fingerprint density at radius 2 is 2.27 bits per heavy atom. The van der Waals surface area contributed by atoms with Crippen molar-refractivity contribution in [1.82, 2.24) is 4.98 Å². The minimum Gasteiger partial charge on any atom is -0.440 e. The molecule has 0 saturated heterocycles. The molecule has 1 aromatic rings. The molecule has 4 heteroatoms. The maximum absolute atomic E-state index is 5.67. The Balaban J connectivity index is 2.17. The zero-order valence-electron chi connectivity index (χ0n) is 9.75. The van der Waals surface area contributed by atoms with Gasteiger partial charge in [0.1, 0.15) is 6.26 Å². The molecular weight excluding hydrogens is 208 g/mol. The van der Waals surface area contributed by atoms with Crippen LogP contribution in [0.2, 0.25) is 0 Å². The third-order valence-electron chi connectivity index (χ3n) is 2.37. The van der Waals surface area contributed by atoms with Crippen LogP contribution in [0.1, 0.15) is 32.4 Å². The Hall–Kier alpha value is -0.480. The summed E-state index contributed by atoms with van der Waals surface area (Å²) < 4.78 is 5.25. The lowest BCUT2D eigenvalue weighted by molar-refractivity contribution is 0.344. The zero-order chi connectivity index (χ0) is 11.3. The van der Waals surface area contributed by atoms with Crippen LogP contribution < -0.4 is 5.73 Å². The molecule has 0 fully saturated rings. The first-order valence-corrected chi connectivity index (χ1v) is 6.27. The maximum atomic E-state index is 5.67. The van der Waals surface area contributed by atoms with E-state index < -0.39 is 0 Å². The van der Waals surface area contributed by atoms with Crippen LogP contribution in [0.4, 0.5) is 0 Å². The third kappa shape index (κ3) is 4.71. The van der Waals surface area contributed by atoms with Crippen LogP contribution in [-0.4, -0.2) is 17.3 Å². The Bertz CT molecular complexity index is 297. The van der Waals surface area contributed by atoms with Gasteiger partial charge in [-0.3, -0.25) is 0 Å². The minimum atomic E-state index is 0.257. The van der Waals surface area contributed by atoms with Gasteiger partial charge in [-0.05, 0) is 31.7 Å². The first-order chi connectivity index (χ1) is 7.03. The number of nitrogens with two attached hydrogens (primary N) is 1. The van der Waals surface area contributed by atoms with Crippen molar-refractivity contribution >= 4 is 11.8 Å². The van der Waals surface area contributed by atoms with E-state index in [0.717, 1.165) is 36.1 Å². The van der Waals surface area contributed by atoms with Crippen molar-refractivity contribution < 1.29 is 4.42 Å². The van der Waals surface area contributed by atoms with Crippen LogP contribution in [0.15, 0.2) is 15.9 Å². The van der Waals surface area contributed by atoms with Crippen molar-refractivity contribution in [3.8, 4) is 0 Å². The largest absolute Gasteiger partial charge is 0.440 e. The Morgan fingerprint density at radius 1 is 1.53 bits per heavy atom. The predicted molar refractivity (Wildman–Crippen MR) is 64.0 cm³/mol. The average Bonchev–Trinajstić information content (AvgIpc) is 2.59. The number of aryl methyl sites for hydroxylation is 1. The van der Waals surface area contributed by atoms with Gasteiger partial charge >= 0.3 is 0 Å². The molecule has 1 heterocycles. The lowest BCUT2D eigenvalue weighted by Crippen LogP contribution is -2.23. The standard InChI is InChI=1S/C11H20N2OS/c1-9-7-14-10(13-9)15-6-4-5-11(2,3)8-12/h7H,4-6,8,12H2,1-3H3. The summed E-state index contributed by atoms with van der Waals surface area (Å²) in [6, 6.07) is 0. The molecule has 0 spiro atoms. The van der Waals surface area contributed by atoms with Crippen LogP contribution in [-0.2, 0) is 0 Å². The van der Waals surface area contributed by atoms with Crippen LogP contribution in [0, 0.1) is 12.3 Å². The van der Waals surface area contributed by atoms with E-state index in [2.05, 4.69) is 18.8 Å². The van der Waals surface area contributed by atoms with Gasteiger partial charge in [0.05, 0.1) is 5.69 Å². The number of hydrogen-bond donors (Lipinski definition) is 1. The Kier molecular flexibility index (Phi) is 4.67. The molecule has 86 valence electrons. The first kappa shape index (κ1) is 12.6. The van der Waals surface area contributed by atoms with Crippen LogP contribution >= 0.6 is 11.8 Å². The summed E-state index contributed by atoms with van der Waals surface area (Å²) >= 11 is 1.67. The van der Waals surface area contributed by atoms with E-state index in [1.54, 1.807) is 18.0 Å². The summed E-state index contributed by atoms with van der Waals surface area (Å²) in [7, 11) is 0. The Morgan fingerprint density at radius 3 is 2.80 bits per heavy atom. The van der Waals surface area contributed by atoms with E-state index in [-0.39, 0.29) is 5.41 Å².